The predicted molar refractivity (Wildman–Crippen MR) is 106 cm³/mol. The summed E-state index contributed by atoms with van der Waals surface area (Å²) in [6, 6.07) is 15.1. The minimum atomic E-state index is -0.853. The zero-order valence-electron chi connectivity index (χ0n) is 16.3. The molecule has 2 atom stereocenters. The number of benzene rings is 2. The molecule has 1 aliphatic carbocycles. The van der Waals surface area contributed by atoms with E-state index in [9.17, 15) is 9.59 Å². The number of hydrogen-bond donors (Lipinski definition) is 0. The van der Waals surface area contributed by atoms with Gasteiger partial charge >= 0.3 is 5.97 Å². The summed E-state index contributed by atoms with van der Waals surface area (Å²) in [7, 11) is 3.21. The fourth-order valence-electron chi connectivity index (χ4n) is 3.57. The van der Waals surface area contributed by atoms with Crippen molar-refractivity contribution in [2.24, 2.45) is 5.92 Å². The van der Waals surface area contributed by atoms with Crippen LogP contribution in [0.15, 0.2) is 54.6 Å². The Balaban J connectivity index is 2.01. The van der Waals surface area contributed by atoms with E-state index >= 15 is 0 Å². The van der Waals surface area contributed by atoms with Crippen LogP contribution in [-0.4, -0.2) is 32.6 Å². The number of carbonyl (C=O) groups is 2. The summed E-state index contributed by atoms with van der Waals surface area (Å²) in [6.45, 7) is 1.98. The first-order valence-electron chi connectivity index (χ1n) is 9.26. The molecule has 5 heteroatoms. The number of hydrogen-bond acceptors (Lipinski definition) is 5. The molecule has 1 aliphatic rings. The lowest BCUT2D eigenvalue weighted by Crippen LogP contribution is -2.34. The number of rotatable bonds is 6. The zero-order chi connectivity index (χ0) is 20.1. The van der Waals surface area contributed by atoms with Crippen molar-refractivity contribution in [2.75, 3.05) is 20.8 Å². The van der Waals surface area contributed by atoms with Crippen molar-refractivity contribution in [2.45, 2.75) is 19.3 Å². The van der Waals surface area contributed by atoms with E-state index < -0.39 is 11.9 Å². The van der Waals surface area contributed by atoms with Crippen molar-refractivity contribution in [3.05, 3.63) is 65.7 Å². The monoisotopic (exact) mass is 380 g/mol. The third-order valence-electron chi connectivity index (χ3n) is 4.99. The van der Waals surface area contributed by atoms with Gasteiger partial charge in [-0.3, -0.25) is 9.59 Å². The summed E-state index contributed by atoms with van der Waals surface area (Å²) in [5.74, 6) is -0.445. The highest BCUT2D eigenvalue weighted by Gasteiger charge is 2.39. The quantitative estimate of drug-likeness (QED) is 0.559. The van der Waals surface area contributed by atoms with E-state index in [0.717, 1.165) is 22.4 Å². The molecule has 0 fully saturated rings. The third-order valence-corrected chi connectivity index (χ3v) is 4.99. The lowest BCUT2D eigenvalue weighted by atomic mass is 9.73. The fourth-order valence-corrected chi connectivity index (χ4v) is 3.57. The topological polar surface area (TPSA) is 61.8 Å². The maximum Gasteiger partial charge on any atom is 0.317 e. The van der Waals surface area contributed by atoms with E-state index in [-0.39, 0.29) is 18.3 Å². The Bertz CT molecular complexity index is 882. The van der Waals surface area contributed by atoms with Gasteiger partial charge in [0.1, 0.15) is 17.4 Å². The van der Waals surface area contributed by atoms with Crippen LogP contribution in [0.4, 0.5) is 0 Å². The van der Waals surface area contributed by atoms with Gasteiger partial charge in [0, 0.05) is 5.92 Å². The van der Waals surface area contributed by atoms with Crippen LogP contribution in [0.1, 0.15) is 30.4 Å². The summed E-state index contributed by atoms with van der Waals surface area (Å²) in [5, 5.41) is 0. The van der Waals surface area contributed by atoms with Gasteiger partial charge < -0.3 is 14.2 Å². The predicted octanol–water partition coefficient (Wildman–Crippen LogP) is 4.02. The molecule has 0 bridgehead atoms. The lowest BCUT2D eigenvalue weighted by Gasteiger charge is -2.29. The number of esters is 1. The average Bonchev–Trinajstić information content (AvgIpc) is 2.73. The van der Waals surface area contributed by atoms with Crippen LogP contribution in [0.3, 0.4) is 0 Å². The van der Waals surface area contributed by atoms with Gasteiger partial charge in [-0.2, -0.15) is 0 Å². The summed E-state index contributed by atoms with van der Waals surface area (Å²) >= 11 is 0. The van der Waals surface area contributed by atoms with Gasteiger partial charge in [-0.25, -0.2) is 0 Å². The molecule has 0 amide bonds. The van der Waals surface area contributed by atoms with Crippen LogP contribution < -0.4 is 9.47 Å². The molecule has 28 heavy (non-hydrogen) atoms. The third kappa shape index (κ3) is 4.09. The first-order chi connectivity index (χ1) is 13.6. The summed E-state index contributed by atoms with van der Waals surface area (Å²) in [4.78, 5) is 25.5. The largest absolute Gasteiger partial charge is 0.497 e. The summed E-state index contributed by atoms with van der Waals surface area (Å²) < 4.78 is 15.7. The molecule has 5 nitrogen and oxygen atoms in total. The van der Waals surface area contributed by atoms with Crippen LogP contribution in [0, 0.1) is 5.92 Å². The van der Waals surface area contributed by atoms with Gasteiger partial charge in [0.25, 0.3) is 0 Å². The second kappa shape index (κ2) is 8.74. The Labute approximate surface area is 164 Å². The Hall–Kier alpha value is -3.08. The van der Waals surface area contributed by atoms with Gasteiger partial charge in [-0.15, -0.1) is 0 Å². The van der Waals surface area contributed by atoms with Crippen LogP contribution in [0.5, 0.6) is 11.5 Å². The number of allylic oxidation sites excluding steroid dienone is 2. The molecule has 0 spiro atoms. The van der Waals surface area contributed by atoms with Gasteiger partial charge in [-0.1, -0.05) is 24.3 Å². The van der Waals surface area contributed by atoms with Crippen LogP contribution >= 0.6 is 0 Å². The molecule has 3 rings (SSSR count). The maximum atomic E-state index is 12.9. The average molecular weight is 380 g/mol. The van der Waals surface area contributed by atoms with Gasteiger partial charge in [0.05, 0.1) is 20.8 Å². The molecule has 0 unspecified atom stereocenters. The van der Waals surface area contributed by atoms with Gasteiger partial charge in [0.15, 0.2) is 5.78 Å². The minimum Gasteiger partial charge on any atom is -0.497 e. The van der Waals surface area contributed by atoms with Crippen molar-refractivity contribution in [3.8, 4) is 11.5 Å². The molecule has 146 valence electrons. The highest BCUT2D eigenvalue weighted by atomic mass is 16.5. The molecule has 0 heterocycles. The standard InChI is InChI=1S/C23H24O5/c1-4-28-23(25)22-20(16-6-5-7-19(12-16)27-3)13-17(14-21(22)24)15-8-10-18(26-2)11-9-15/h5-12,14,20,22H,4,13H2,1-3H3/t20-,22+/m0/s1. The van der Waals surface area contributed by atoms with Crippen molar-refractivity contribution in [1.82, 2.24) is 0 Å². The lowest BCUT2D eigenvalue weighted by molar-refractivity contribution is -0.151. The maximum absolute atomic E-state index is 12.9. The Kier molecular flexibility index (Phi) is 6.14. The van der Waals surface area contributed by atoms with E-state index in [2.05, 4.69) is 0 Å². The number of carbonyl (C=O) groups excluding carboxylic acids is 2. The first-order valence-corrected chi connectivity index (χ1v) is 9.26. The van der Waals surface area contributed by atoms with Crippen molar-refractivity contribution in [3.63, 3.8) is 0 Å². The highest BCUT2D eigenvalue weighted by molar-refractivity contribution is 6.10. The van der Waals surface area contributed by atoms with E-state index in [1.807, 2.05) is 48.5 Å². The molecule has 0 saturated heterocycles. The second-order valence-corrected chi connectivity index (χ2v) is 6.62. The van der Waals surface area contributed by atoms with Crippen molar-refractivity contribution in [1.29, 1.82) is 0 Å². The van der Waals surface area contributed by atoms with E-state index in [1.165, 1.54) is 0 Å². The fraction of sp³-hybridized carbons (Fsp3) is 0.304. The Morgan fingerprint density at radius 1 is 1.04 bits per heavy atom. The van der Waals surface area contributed by atoms with Crippen LogP contribution in [-0.2, 0) is 14.3 Å². The molecule has 2 aromatic rings. The zero-order valence-corrected chi connectivity index (χ0v) is 16.3. The summed E-state index contributed by atoms with van der Waals surface area (Å²) in [6.07, 6.45) is 2.12. The first kappa shape index (κ1) is 19.7. The molecule has 0 aromatic heterocycles. The van der Waals surface area contributed by atoms with Crippen molar-refractivity contribution < 1.29 is 23.8 Å². The van der Waals surface area contributed by atoms with E-state index in [4.69, 9.17) is 14.2 Å². The SMILES string of the molecule is CCOC(=O)[C@H]1C(=O)C=C(c2ccc(OC)cc2)C[C@H]1c1cccc(OC)c1. The van der Waals surface area contributed by atoms with Crippen LogP contribution in [0.25, 0.3) is 5.57 Å². The number of methoxy groups -OCH3 is 2. The van der Waals surface area contributed by atoms with Gasteiger partial charge in [-0.05, 0) is 60.4 Å². The van der Waals surface area contributed by atoms with Crippen molar-refractivity contribution >= 4 is 17.3 Å². The molecule has 0 aliphatic heterocycles. The van der Waals surface area contributed by atoms with Gasteiger partial charge in [0.2, 0.25) is 0 Å². The van der Waals surface area contributed by atoms with E-state index in [1.54, 1.807) is 27.2 Å². The molecule has 2 aromatic carbocycles. The molecule has 0 saturated carbocycles. The molecule has 0 N–H and O–H groups in total. The minimum absolute atomic E-state index is 0.233. The molecular formula is C23H24O5. The number of ketones is 1. The molecule has 0 radical (unpaired) electrons. The smallest absolute Gasteiger partial charge is 0.317 e. The van der Waals surface area contributed by atoms with E-state index in [0.29, 0.717) is 12.2 Å². The highest BCUT2D eigenvalue weighted by Crippen LogP contribution is 2.41. The van der Waals surface area contributed by atoms with Crippen LogP contribution in [0.2, 0.25) is 0 Å². The normalized spacial score (nSPS) is 19.0. The molecular weight excluding hydrogens is 356 g/mol. The summed E-state index contributed by atoms with van der Waals surface area (Å²) in [5.41, 5.74) is 2.70. The number of ether oxygens (including phenoxy) is 3. The Morgan fingerprint density at radius 3 is 2.39 bits per heavy atom. The second-order valence-electron chi connectivity index (χ2n) is 6.62. The Morgan fingerprint density at radius 2 is 1.75 bits per heavy atom.